The molecular weight excluding hydrogens is 260 g/mol. The molecule has 3 nitrogen and oxygen atoms in total. The lowest BCUT2D eigenvalue weighted by molar-refractivity contribution is -0.231. The maximum absolute atomic E-state index is 11.3. The lowest BCUT2D eigenvalue weighted by atomic mass is 9.50. The summed E-state index contributed by atoms with van der Waals surface area (Å²) in [7, 11) is 0. The quantitative estimate of drug-likeness (QED) is 0.479. The number of thiol groups is 1. The van der Waals surface area contributed by atoms with Crippen molar-refractivity contribution in [3.05, 3.63) is 0 Å². The van der Waals surface area contributed by atoms with Gasteiger partial charge in [-0.25, -0.2) is 0 Å². The van der Waals surface area contributed by atoms with Gasteiger partial charge in [0.05, 0.1) is 12.0 Å². The van der Waals surface area contributed by atoms with Crippen molar-refractivity contribution in [3.8, 4) is 0 Å². The maximum atomic E-state index is 11.3. The second-order valence-corrected chi connectivity index (χ2v) is 7.19. The van der Waals surface area contributed by atoms with Gasteiger partial charge in [-0.15, -0.1) is 0 Å². The van der Waals surface area contributed by atoms with Crippen LogP contribution in [0.5, 0.6) is 0 Å². The van der Waals surface area contributed by atoms with Gasteiger partial charge in [-0.1, -0.05) is 0 Å². The first-order chi connectivity index (χ1) is 9.11. The van der Waals surface area contributed by atoms with Gasteiger partial charge in [0.1, 0.15) is 0 Å². The molecule has 4 aliphatic rings. The lowest BCUT2D eigenvalue weighted by Crippen LogP contribution is -2.57. The fourth-order valence-corrected chi connectivity index (χ4v) is 4.92. The van der Waals surface area contributed by atoms with Crippen molar-refractivity contribution in [2.75, 3.05) is 12.5 Å². The van der Waals surface area contributed by atoms with Gasteiger partial charge in [-0.2, -0.15) is 12.6 Å². The minimum Gasteiger partial charge on any atom is -0.438 e. The zero-order valence-corrected chi connectivity index (χ0v) is 12.5. The first-order valence-corrected chi connectivity index (χ1v) is 8.15. The number of ether oxygens (including phenoxy) is 2. The minimum atomic E-state index is -0.206. The molecular formula is C15H24O3S. The molecule has 0 aliphatic heterocycles. The zero-order chi connectivity index (χ0) is 13.5. The normalized spacial score (nSPS) is 43.5. The molecule has 0 heterocycles. The van der Waals surface area contributed by atoms with Crippen LogP contribution in [0.15, 0.2) is 0 Å². The monoisotopic (exact) mass is 284 g/mol. The van der Waals surface area contributed by atoms with Crippen molar-refractivity contribution in [1.82, 2.24) is 0 Å². The summed E-state index contributed by atoms with van der Waals surface area (Å²) >= 11 is 4.03. The number of hydrogen-bond donors (Lipinski definition) is 1. The van der Waals surface area contributed by atoms with Crippen LogP contribution in [0.25, 0.3) is 0 Å². The summed E-state index contributed by atoms with van der Waals surface area (Å²) in [6.45, 7) is 2.36. The van der Waals surface area contributed by atoms with Crippen molar-refractivity contribution >= 4 is 18.6 Å². The summed E-state index contributed by atoms with van der Waals surface area (Å²) in [5.74, 6) is 3.55. The summed E-state index contributed by atoms with van der Waals surface area (Å²) < 4.78 is 11.2. The van der Waals surface area contributed by atoms with Crippen molar-refractivity contribution in [2.45, 2.75) is 51.0 Å². The maximum Gasteiger partial charge on any atom is 0.308 e. The highest BCUT2D eigenvalue weighted by molar-refractivity contribution is 7.80. The fraction of sp³-hybridized carbons (Fsp3) is 0.933. The molecule has 0 aromatic rings. The van der Waals surface area contributed by atoms with E-state index in [0.29, 0.717) is 24.0 Å². The van der Waals surface area contributed by atoms with E-state index in [4.69, 9.17) is 9.47 Å². The second kappa shape index (κ2) is 5.28. The Hall–Kier alpha value is -0.220. The van der Waals surface area contributed by atoms with E-state index in [9.17, 15) is 4.79 Å². The molecule has 0 N–H and O–H groups in total. The number of rotatable bonds is 5. The van der Waals surface area contributed by atoms with Crippen molar-refractivity contribution in [2.24, 2.45) is 23.7 Å². The predicted octanol–water partition coefficient (Wildman–Crippen LogP) is 3.04. The van der Waals surface area contributed by atoms with E-state index in [2.05, 4.69) is 19.6 Å². The van der Waals surface area contributed by atoms with Crippen molar-refractivity contribution in [1.29, 1.82) is 0 Å². The highest BCUT2D eigenvalue weighted by Gasteiger charge is 2.55. The molecule has 4 saturated carbocycles. The Morgan fingerprint density at radius 3 is 2.26 bits per heavy atom. The topological polar surface area (TPSA) is 35.5 Å². The fourth-order valence-electron chi connectivity index (χ4n) is 4.74. The summed E-state index contributed by atoms with van der Waals surface area (Å²) in [6.07, 6.45) is 7.06. The molecule has 19 heavy (non-hydrogen) atoms. The Labute approximate surface area is 120 Å². The molecule has 0 amide bonds. The third-order valence-electron chi connectivity index (χ3n) is 5.67. The molecule has 0 unspecified atom stereocenters. The van der Waals surface area contributed by atoms with E-state index in [0.717, 1.165) is 11.8 Å². The van der Waals surface area contributed by atoms with E-state index in [1.807, 2.05) is 0 Å². The highest BCUT2D eigenvalue weighted by Crippen LogP contribution is 2.59. The third-order valence-corrected chi connectivity index (χ3v) is 5.89. The number of esters is 1. The van der Waals surface area contributed by atoms with Crippen LogP contribution in [0, 0.1) is 23.7 Å². The molecule has 0 saturated heterocycles. The Morgan fingerprint density at radius 2 is 1.74 bits per heavy atom. The summed E-state index contributed by atoms with van der Waals surface area (Å²) in [5, 5.41) is 0. The van der Waals surface area contributed by atoms with Gasteiger partial charge in [-0.05, 0) is 62.7 Å². The van der Waals surface area contributed by atoms with Crippen LogP contribution in [-0.2, 0) is 14.3 Å². The van der Waals surface area contributed by atoms with Gasteiger partial charge in [0.25, 0.3) is 0 Å². The molecule has 108 valence electrons. The Bertz CT molecular complexity index is 327. The Morgan fingerprint density at radius 1 is 1.16 bits per heavy atom. The molecule has 4 aliphatic carbocycles. The average Bonchev–Trinajstić information content (AvgIpc) is 2.35. The molecule has 4 bridgehead atoms. The molecule has 0 radical (unpaired) electrons. The van der Waals surface area contributed by atoms with Crippen LogP contribution in [-0.4, -0.2) is 24.1 Å². The molecule has 0 aromatic heterocycles. The first-order valence-electron chi connectivity index (χ1n) is 7.52. The summed E-state index contributed by atoms with van der Waals surface area (Å²) in [6, 6.07) is 0. The van der Waals surface area contributed by atoms with Gasteiger partial charge in [-0.3, -0.25) is 4.79 Å². The van der Waals surface area contributed by atoms with Crippen LogP contribution < -0.4 is 0 Å². The summed E-state index contributed by atoms with van der Waals surface area (Å²) in [4.78, 5) is 11.3. The molecule has 0 spiro atoms. The van der Waals surface area contributed by atoms with Crippen LogP contribution in [0.2, 0.25) is 0 Å². The SMILES string of the molecule is CC1(OCOC(=O)CCS)C2CC3CC(C2)CC1C3. The number of carbonyl (C=O) groups excluding carboxylic acids is 1. The van der Waals surface area contributed by atoms with Crippen molar-refractivity contribution in [3.63, 3.8) is 0 Å². The van der Waals surface area contributed by atoms with E-state index in [1.165, 1.54) is 32.1 Å². The van der Waals surface area contributed by atoms with Crippen molar-refractivity contribution < 1.29 is 14.3 Å². The zero-order valence-electron chi connectivity index (χ0n) is 11.6. The smallest absolute Gasteiger partial charge is 0.308 e. The Kier molecular flexibility index (Phi) is 3.82. The molecule has 0 aromatic carbocycles. The van der Waals surface area contributed by atoms with Crippen LogP contribution in [0.4, 0.5) is 0 Å². The van der Waals surface area contributed by atoms with E-state index < -0.39 is 0 Å². The Balaban J connectivity index is 1.56. The lowest BCUT2D eigenvalue weighted by Gasteiger charge is -2.59. The summed E-state index contributed by atoms with van der Waals surface area (Å²) in [5.41, 5.74) is -0.0608. The van der Waals surface area contributed by atoms with Gasteiger partial charge in [0.15, 0.2) is 6.79 Å². The highest BCUT2D eigenvalue weighted by atomic mass is 32.1. The van der Waals surface area contributed by atoms with Gasteiger partial charge >= 0.3 is 5.97 Å². The number of carbonyl (C=O) groups is 1. The van der Waals surface area contributed by atoms with Gasteiger partial charge in [0.2, 0.25) is 0 Å². The molecule has 4 heteroatoms. The third kappa shape index (κ3) is 2.54. The van der Waals surface area contributed by atoms with Crippen LogP contribution in [0.3, 0.4) is 0 Å². The van der Waals surface area contributed by atoms with Gasteiger partial charge < -0.3 is 9.47 Å². The second-order valence-electron chi connectivity index (χ2n) is 6.74. The van der Waals surface area contributed by atoms with E-state index >= 15 is 0 Å². The standard InChI is InChI=1S/C15H24O3S/c1-15(18-9-17-14(16)2-3-19)12-5-10-4-11(7-12)8-13(15)6-10/h10-13,19H,2-9H2,1H3. The van der Waals surface area contributed by atoms with Gasteiger partial charge in [0, 0.05) is 5.75 Å². The first kappa shape index (κ1) is 13.7. The molecule has 4 fully saturated rings. The predicted molar refractivity (Wildman–Crippen MR) is 76.0 cm³/mol. The molecule has 0 atom stereocenters. The molecule has 4 rings (SSSR count). The van der Waals surface area contributed by atoms with E-state index in [-0.39, 0.29) is 18.4 Å². The minimum absolute atomic E-state index is 0.0608. The van der Waals surface area contributed by atoms with E-state index in [1.54, 1.807) is 0 Å². The average molecular weight is 284 g/mol. The van der Waals surface area contributed by atoms with Crippen LogP contribution in [0.1, 0.15) is 45.4 Å². The largest absolute Gasteiger partial charge is 0.438 e. The number of hydrogen-bond acceptors (Lipinski definition) is 4. The van der Waals surface area contributed by atoms with Crippen LogP contribution >= 0.6 is 12.6 Å².